The van der Waals surface area contributed by atoms with Gasteiger partial charge in [0.05, 0.1) is 11.0 Å². The van der Waals surface area contributed by atoms with Crippen molar-refractivity contribution in [2.75, 3.05) is 0 Å². The molecule has 2 aromatic carbocycles. The molecule has 28 heavy (non-hydrogen) atoms. The fourth-order valence-electron chi connectivity index (χ4n) is 2.83. The average Bonchev–Trinajstić information content (AvgIpc) is 2.75. The van der Waals surface area contributed by atoms with Gasteiger partial charge in [-0.1, -0.05) is 34.6 Å². The molecule has 0 aliphatic carbocycles. The van der Waals surface area contributed by atoms with Crippen molar-refractivity contribution in [2.24, 2.45) is 0 Å². The minimum Gasteiger partial charge on any atom is -0.457 e. The van der Waals surface area contributed by atoms with Crippen molar-refractivity contribution in [3.05, 3.63) is 72.1 Å². The van der Waals surface area contributed by atoms with Gasteiger partial charge < -0.3 is 4.74 Å². The van der Waals surface area contributed by atoms with Gasteiger partial charge in [-0.3, -0.25) is 9.97 Å². The molecule has 0 atom stereocenters. The molecule has 0 unspecified atom stereocenters. The van der Waals surface area contributed by atoms with E-state index in [-0.39, 0.29) is 0 Å². The molecule has 0 amide bonds. The summed E-state index contributed by atoms with van der Waals surface area (Å²) in [6, 6.07) is 16.3. The van der Waals surface area contributed by atoms with Crippen molar-refractivity contribution >= 4 is 21.8 Å². The van der Waals surface area contributed by atoms with Crippen LogP contribution in [0.2, 0.25) is 0 Å². The van der Waals surface area contributed by atoms with Crippen molar-refractivity contribution in [2.45, 2.75) is 48.0 Å². The third-order valence-corrected chi connectivity index (χ3v) is 4.14. The standard InChI is InChI=1S/C21H18N2O.2C2H6/c1-3-15-9-17-11-19(5-7-21(17)23-13-15)24-18-4-6-20-16(10-18)8-14(2)12-22-20;2*1-2/h4-13H,3H2,1-2H3;2*1-2H3. The molecule has 0 saturated carbocycles. The van der Waals surface area contributed by atoms with Gasteiger partial charge in [0, 0.05) is 23.2 Å². The summed E-state index contributed by atoms with van der Waals surface area (Å²) in [7, 11) is 0. The fraction of sp³-hybridized carbons (Fsp3) is 0.280. The number of fused-ring (bicyclic) bond motifs is 2. The molecule has 0 N–H and O–H groups in total. The molecule has 2 aromatic heterocycles. The second kappa shape index (κ2) is 10.4. The van der Waals surface area contributed by atoms with Gasteiger partial charge in [0.1, 0.15) is 11.5 Å². The predicted molar refractivity (Wildman–Crippen MR) is 120 cm³/mol. The van der Waals surface area contributed by atoms with E-state index in [1.54, 1.807) is 0 Å². The maximum atomic E-state index is 6.05. The van der Waals surface area contributed by atoms with Gasteiger partial charge >= 0.3 is 0 Å². The summed E-state index contributed by atoms with van der Waals surface area (Å²) >= 11 is 0. The second-order valence-corrected chi connectivity index (χ2v) is 6.02. The summed E-state index contributed by atoms with van der Waals surface area (Å²) in [4.78, 5) is 8.91. The van der Waals surface area contributed by atoms with Crippen LogP contribution in [0.4, 0.5) is 0 Å². The number of ether oxygens (including phenoxy) is 1. The summed E-state index contributed by atoms with van der Waals surface area (Å²) in [5, 5.41) is 2.19. The van der Waals surface area contributed by atoms with Crippen LogP contribution >= 0.6 is 0 Å². The van der Waals surface area contributed by atoms with Gasteiger partial charge in [0.25, 0.3) is 0 Å². The molecule has 3 heteroatoms. The quantitative estimate of drug-likeness (QED) is 0.372. The number of pyridine rings is 2. The van der Waals surface area contributed by atoms with E-state index in [0.29, 0.717) is 0 Å². The first-order valence-electron chi connectivity index (χ1n) is 10.1. The maximum absolute atomic E-state index is 6.05. The molecule has 3 nitrogen and oxygen atoms in total. The Kier molecular flexibility index (Phi) is 7.94. The highest BCUT2D eigenvalue weighted by molar-refractivity contribution is 5.82. The lowest BCUT2D eigenvalue weighted by atomic mass is 10.1. The molecule has 0 radical (unpaired) electrons. The molecule has 4 rings (SSSR count). The van der Waals surface area contributed by atoms with Gasteiger partial charge in [-0.25, -0.2) is 0 Å². The lowest BCUT2D eigenvalue weighted by molar-refractivity contribution is 0.484. The zero-order valence-corrected chi connectivity index (χ0v) is 17.8. The van der Waals surface area contributed by atoms with Crippen LogP contribution in [0.15, 0.2) is 60.9 Å². The van der Waals surface area contributed by atoms with Crippen LogP contribution < -0.4 is 4.74 Å². The zero-order valence-electron chi connectivity index (χ0n) is 17.8. The van der Waals surface area contributed by atoms with Crippen molar-refractivity contribution in [1.82, 2.24) is 9.97 Å². The molecule has 0 spiro atoms. The summed E-state index contributed by atoms with van der Waals surface area (Å²) in [6.45, 7) is 12.2. The van der Waals surface area contributed by atoms with Crippen LogP contribution in [0, 0.1) is 6.92 Å². The minimum atomic E-state index is 0.814. The third kappa shape index (κ3) is 5.07. The lowest BCUT2D eigenvalue weighted by Crippen LogP contribution is -1.88. The smallest absolute Gasteiger partial charge is 0.128 e. The van der Waals surface area contributed by atoms with Crippen LogP contribution in [0.1, 0.15) is 45.7 Å². The minimum absolute atomic E-state index is 0.814. The van der Waals surface area contributed by atoms with Crippen molar-refractivity contribution in [3.8, 4) is 11.5 Å². The maximum Gasteiger partial charge on any atom is 0.128 e. The van der Waals surface area contributed by atoms with E-state index in [1.165, 1.54) is 5.56 Å². The Labute approximate surface area is 168 Å². The SMILES string of the molecule is CC.CC.CCc1cnc2ccc(Oc3ccc4ncc(C)cc4c3)cc2c1. The molecular weight excluding hydrogens is 344 g/mol. The highest BCUT2D eigenvalue weighted by Gasteiger charge is 2.03. The Morgan fingerprint density at radius 3 is 1.82 bits per heavy atom. The largest absolute Gasteiger partial charge is 0.457 e. The van der Waals surface area contributed by atoms with Crippen molar-refractivity contribution < 1.29 is 4.74 Å². The van der Waals surface area contributed by atoms with Crippen molar-refractivity contribution in [3.63, 3.8) is 0 Å². The van der Waals surface area contributed by atoms with Crippen LogP contribution in [-0.2, 0) is 6.42 Å². The highest BCUT2D eigenvalue weighted by Crippen LogP contribution is 2.28. The van der Waals surface area contributed by atoms with E-state index in [1.807, 2.05) is 83.4 Å². The predicted octanol–water partition coefficient (Wildman–Crippen LogP) is 7.50. The molecule has 0 bridgehead atoms. The number of aryl methyl sites for hydroxylation is 2. The van der Waals surface area contributed by atoms with Crippen LogP contribution in [0.25, 0.3) is 21.8 Å². The number of rotatable bonds is 3. The zero-order chi connectivity index (χ0) is 20.5. The van der Waals surface area contributed by atoms with E-state index >= 15 is 0 Å². The Morgan fingerprint density at radius 2 is 1.25 bits per heavy atom. The van der Waals surface area contributed by atoms with Crippen molar-refractivity contribution in [1.29, 1.82) is 0 Å². The number of nitrogens with zero attached hydrogens (tertiary/aromatic N) is 2. The van der Waals surface area contributed by atoms with E-state index in [0.717, 1.165) is 45.3 Å². The molecule has 0 aliphatic heterocycles. The molecule has 0 aliphatic rings. The van der Waals surface area contributed by atoms with Crippen LogP contribution in [-0.4, -0.2) is 9.97 Å². The number of benzene rings is 2. The van der Waals surface area contributed by atoms with Gasteiger partial charge in [-0.2, -0.15) is 0 Å². The molecule has 146 valence electrons. The topological polar surface area (TPSA) is 35.0 Å². The Balaban J connectivity index is 0.000000660. The first kappa shape index (κ1) is 21.4. The average molecular weight is 375 g/mol. The Hall–Kier alpha value is -2.94. The normalized spacial score (nSPS) is 9.93. The molecule has 0 fully saturated rings. The second-order valence-electron chi connectivity index (χ2n) is 6.02. The molecule has 2 heterocycles. The summed E-state index contributed by atoms with van der Waals surface area (Å²) < 4.78 is 6.05. The van der Waals surface area contributed by atoms with E-state index in [2.05, 4.69) is 29.0 Å². The lowest BCUT2D eigenvalue weighted by Gasteiger charge is -2.08. The first-order valence-corrected chi connectivity index (χ1v) is 10.1. The molecule has 0 saturated heterocycles. The summed E-state index contributed by atoms with van der Waals surface area (Å²) in [5.41, 5.74) is 4.33. The fourth-order valence-corrected chi connectivity index (χ4v) is 2.83. The van der Waals surface area contributed by atoms with Gasteiger partial charge in [0.15, 0.2) is 0 Å². The monoisotopic (exact) mass is 374 g/mol. The van der Waals surface area contributed by atoms with Gasteiger partial charge in [0.2, 0.25) is 0 Å². The first-order chi connectivity index (χ1) is 13.7. The number of aromatic nitrogens is 2. The number of hydrogen-bond donors (Lipinski definition) is 0. The Morgan fingerprint density at radius 1 is 0.714 bits per heavy atom. The molecular formula is C25H30N2O. The van der Waals surface area contributed by atoms with E-state index < -0.39 is 0 Å². The highest BCUT2D eigenvalue weighted by atomic mass is 16.5. The van der Waals surface area contributed by atoms with E-state index in [9.17, 15) is 0 Å². The van der Waals surface area contributed by atoms with Crippen LogP contribution in [0.3, 0.4) is 0 Å². The van der Waals surface area contributed by atoms with Gasteiger partial charge in [-0.15, -0.1) is 0 Å². The van der Waals surface area contributed by atoms with Gasteiger partial charge in [-0.05, 0) is 73.0 Å². The summed E-state index contributed by atoms with van der Waals surface area (Å²) in [6.07, 6.45) is 4.79. The Bertz CT molecular complexity index is 1040. The number of hydrogen-bond acceptors (Lipinski definition) is 3. The summed E-state index contributed by atoms with van der Waals surface area (Å²) in [5.74, 6) is 1.63. The third-order valence-electron chi connectivity index (χ3n) is 4.14. The molecule has 4 aromatic rings. The van der Waals surface area contributed by atoms with E-state index in [4.69, 9.17) is 4.74 Å². The van der Waals surface area contributed by atoms with Crippen LogP contribution in [0.5, 0.6) is 11.5 Å².